The van der Waals surface area contributed by atoms with Gasteiger partial charge < -0.3 is 10.4 Å². The number of carbonyl (C=O) groups excluding carboxylic acids is 1. The smallest absolute Gasteiger partial charge is 0.332 e. The summed E-state index contributed by atoms with van der Waals surface area (Å²) in [5, 5.41) is 21.3. The Morgan fingerprint density at radius 1 is 1.00 bits per heavy atom. The van der Waals surface area contributed by atoms with Crippen molar-refractivity contribution in [3.63, 3.8) is 0 Å². The topological polar surface area (TPSA) is 90.2 Å². The first kappa shape index (κ1) is 16.5. The molecule has 0 radical (unpaired) electrons. The van der Waals surface area contributed by atoms with Crippen LogP contribution in [0.3, 0.4) is 0 Å². The monoisotopic (exact) mass is 332 g/mol. The van der Waals surface area contributed by atoms with Gasteiger partial charge in [-0.2, -0.15) is 5.26 Å². The molecule has 5 heteroatoms. The highest BCUT2D eigenvalue weighted by Gasteiger charge is 2.25. The molecule has 1 aliphatic rings. The third kappa shape index (κ3) is 3.43. The van der Waals surface area contributed by atoms with Crippen LogP contribution in [0.15, 0.2) is 59.7 Å². The van der Waals surface area contributed by atoms with E-state index in [0.29, 0.717) is 36.1 Å². The third-order valence-electron chi connectivity index (χ3n) is 4.25. The number of rotatable bonds is 4. The molecule has 5 nitrogen and oxygen atoms in total. The van der Waals surface area contributed by atoms with E-state index in [2.05, 4.69) is 11.4 Å². The van der Waals surface area contributed by atoms with Crippen LogP contribution in [0.1, 0.15) is 24.8 Å². The molecule has 0 spiro atoms. The Kier molecular flexibility index (Phi) is 4.62. The van der Waals surface area contributed by atoms with E-state index in [0.717, 1.165) is 11.1 Å². The second-order valence-electron chi connectivity index (χ2n) is 5.81. The van der Waals surface area contributed by atoms with Crippen molar-refractivity contribution in [2.75, 3.05) is 5.32 Å². The highest BCUT2D eigenvalue weighted by Crippen LogP contribution is 2.29. The van der Waals surface area contributed by atoms with E-state index >= 15 is 0 Å². The average molecular weight is 332 g/mol. The van der Waals surface area contributed by atoms with Crippen molar-refractivity contribution < 1.29 is 14.7 Å². The van der Waals surface area contributed by atoms with Crippen molar-refractivity contribution in [1.29, 1.82) is 5.26 Å². The van der Waals surface area contributed by atoms with Crippen LogP contribution < -0.4 is 5.32 Å². The number of nitriles is 1. The summed E-state index contributed by atoms with van der Waals surface area (Å²) in [5.74, 6) is -1.50. The number of carboxylic acids is 1. The summed E-state index contributed by atoms with van der Waals surface area (Å²) >= 11 is 0. The van der Waals surface area contributed by atoms with Crippen LogP contribution >= 0.6 is 0 Å². The van der Waals surface area contributed by atoms with Crippen molar-refractivity contribution >= 4 is 17.6 Å². The van der Waals surface area contributed by atoms with Crippen LogP contribution in [0, 0.1) is 11.3 Å². The van der Waals surface area contributed by atoms with E-state index in [-0.39, 0.29) is 5.57 Å². The van der Waals surface area contributed by atoms with Crippen LogP contribution in [0.4, 0.5) is 5.69 Å². The zero-order chi connectivity index (χ0) is 17.8. The molecule has 2 aromatic rings. The van der Waals surface area contributed by atoms with E-state index in [9.17, 15) is 20.0 Å². The highest BCUT2D eigenvalue weighted by molar-refractivity contribution is 6.09. The summed E-state index contributed by atoms with van der Waals surface area (Å²) in [6.07, 6.45) is 1.50. The molecule has 0 saturated carbocycles. The molecular weight excluding hydrogens is 316 g/mol. The molecule has 3 rings (SSSR count). The first-order valence-electron chi connectivity index (χ1n) is 7.96. The van der Waals surface area contributed by atoms with Gasteiger partial charge in [0.2, 0.25) is 0 Å². The zero-order valence-corrected chi connectivity index (χ0v) is 13.5. The summed E-state index contributed by atoms with van der Waals surface area (Å²) in [5.41, 5.74) is 3.03. The average Bonchev–Trinajstić information content (AvgIpc) is 3.13. The maximum atomic E-state index is 12.4. The fourth-order valence-electron chi connectivity index (χ4n) is 2.98. The molecule has 0 saturated heterocycles. The lowest BCUT2D eigenvalue weighted by Gasteiger charge is -2.10. The molecule has 0 heterocycles. The highest BCUT2D eigenvalue weighted by atomic mass is 16.4. The largest absolute Gasteiger partial charge is 0.478 e. The normalized spacial score (nSPS) is 13.4. The second-order valence-corrected chi connectivity index (χ2v) is 5.81. The molecule has 0 aromatic heterocycles. The Labute approximate surface area is 145 Å². The van der Waals surface area contributed by atoms with E-state index in [1.807, 2.05) is 36.4 Å². The van der Waals surface area contributed by atoms with E-state index < -0.39 is 11.9 Å². The van der Waals surface area contributed by atoms with Crippen molar-refractivity contribution in [3.8, 4) is 17.2 Å². The zero-order valence-electron chi connectivity index (χ0n) is 13.5. The SMILES string of the molecule is N#Cc1cc(-c2ccccc2)ccc1NC(=O)C1=C(C(=O)O)CCC1. The van der Waals surface area contributed by atoms with Crippen LogP contribution in [0.5, 0.6) is 0 Å². The molecule has 0 unspecified atom stereocenters. The summed E-state index contributed by atoms with van der Waals surface area (Å²) < 4.78 is 0. The van der Waals surface area contributed by atoms with Crippen molar-refractivity contribution in [1.82, 2.24) is 0 Å². The summed E-state index contributed by atoms with van der Waals surface area (Å²) in [7, 11) is 0. The molecule has 1 aliphatic carbocycles. The predicted molar refractivity (Wildman–Crippen MR) is 93.7 cm³/mol. The molecular formula is C20H16N2O3. The van der Waals surface area contributed by atoms with Crippen molar-refractivity contribution in [2.45, 2.75) is 19.3 Å². The number of anilines is 1. The minimum atomic E-state index is -1.05. The third-order valence-corrected chi connectivity index (χ3v) is 4.25. The van der Waals surface area contributed by atoms with Crippen molar-refractivity contribution in [3.05, 3.63) is 65.2 Å². The molecule has 1 amide bonds. The minimum absolute atomic E-state index is 0.164. The maximum absolute atomic E-state index is 12.4. The molecule has 0 fully saturated rings. The molecule has 2 N–H and O–H groups in total. The fraction of sp³-hybridized carbons (Fsp3) is 0.150. The van der Waals surface area contributed by atoms with Gasteiger partial charge in [0.1, 0.15) is 6.07 Å². The Hall–Kier alpha value is -3.39. The molecule has 0 atom stereocenters. The summed E-state index contributed by atoms with van der Waals surface area (Å²) in [6, 6.07) is 16.9. The number of hydrogen-bond acceptors (Lipinski definition) is 3. The Morgan fingerprint density at radius 2 is 1.72 bits per heavy atom. The van der Waals surface area contributed by atoms with E-state index in [1.54, 1.807) is 12.1 Å². The standard InChI is InChI=1S/C20H16N2O3/c21-12-15-11-14(13-5-2-1-3-6-13)9-10-18(15)22-19(23)16-7-4-8-17(16)20(24)25/h1-3,5-6,9-11H,4,7-8H2,(H,22,23)(H,24,25). The molecule has 2 aromatic carbocycles. The molecule has 0 aliphatic heterocycles. The van der Waals surface area contributed by atoms with Gasteiger partial charge in [0.05, 0.1) is 11.3 Å². The number of aliphatic carboxylic acids is 1. The van der Waals surface area contributed by atoms with Crippen molar-refractivity contribution in [2.24, 2.45) is 0 Å². The number of carbonyl (C=O) groups is 2. The maximum Gasteiger partial charge on any atom is 0.332 e. The van der Waals surface area contributed by atoms with Gasteiger partial charge in [0.15, 0.2) is 0 Å². The number of benzene rings is 2. The van der Waals surface area contributed by atoms with Crippen LogP contribution in [0.25, 0.3) is 11.1 Å². The van der Waals surface area contributed by atoms with Gasteiger partial charge in [-0.1, -0.05) is 36.4 Å². The number of nitrogens with zero attached hydrogens (tertiary/aromatic N) is 1. The second kappa shape index (κ2) is 7.02. The number of carboxylic acid groups (broad SMARTS) is 1. The van der Waals surface area contributed by atoms with Crippen LogP contribution in [-0.4, -0.2) is 17.0 Å². The van der Waals surface area contributed by atoms with Gasteiger partial charge in [-0.25, -0.2) is 4.79 Å². The summed E-state index contributed by atoms with van der Waals surface area (Å²) in [6.45, 7) is 0. The Bertz CT molecular complexity index is 908. The van der Waals surface area contributed by atoms with Gasteiger partial charge in [-0.3, -0.25) is 4.79 Å². The number of nitrogens with one attached hydrogen (secondary N) is 1. The number of hydrogen-bond donors (Lipinski definition) is 2. The van der Waals surface area contributed by atoms with E-state index in [1.165, 1.54) is 0 Å². The first-order valence-corrected chi connectivity index (χ1v) is 7.96. The lowest BCUT2D eigenvalue weighted by Crippen LogP contribution is -2.17. The summed E-state index contributed by atoms with van der Waals surface area (Å²) in [4.78, 5) is 23.6. The quantitative estimate of drug-likeness (QED) is 0.892. The Morgan fingerprint density at radius 3 is 2.40 bits per heavy atom. The molecule has 124 valence electrons. The number of amides is 1. The van der Waals surface area contributed by atoms with Gasteiger partial charge in [0, 0.05) is 11.1 Å². The first-order chi connectivity index (χ1) is 12.1. The van der Waals surface area contributed by atoms with Crippen LogP contribution in [-0.2, 0) is 9.59 Å². The predicted octanol–water partition coefficient (Wildman–Crippen LogP) is 3.73. The molecule has 0 bridgehead atoms. The minimum Gasteiger partial charge on any atom is -0.478 e. The lowest BCUT2D eigenvalue weighted by molar-refractivity contribution is -0.133. The Balaban J connectivity index is 1.89. The van der Waals surface area contributed by atoms with Gasteiger partial charge in [-0.05, 0) is 42.5 Å². The fourth-order valence-corrected chi connectivity index (χ4v) is 2.98. The lowest BCUT2D eigenvalue weighted by atomic mass is 10.0. The van der Waals surface area contributed by atoms with Gasteiger partial charge >= 0.3 is 5.97 Å². The van der Waals surface area contributed by atoms with Gasteiger partial charge in [-0.15, -0.1) is 0 Å². The molecule has 25 heavy (non-hydrogen) atoms. The van der Waals surface area contributed by atoms with Crippen LogP contribution in [0.2, 0.25) is 0 Å². The van der Waals surface area contributed by atoms with Gasteiger partial charge in [0.25, 0.3) is 5.91 Å². The van der Waals surface area contributed by atoms with E-state index in [4.69, 9.17) is 0 Å².